The highest BCUT2D eigenvalue weighted by Crippen LogP contribution is 2.27. The molecule has 2 rings (SSSR count). The van der Waals surface area contributed by atoms with Crippen molar-refractivity contribution in [2.45, 2.75) is 0 Å². The molecule has 104 valence electrons. The van der Waals surface area contributed by atoms with Crippen LogP contribution in [-0.2, 0) is 9.47 Å². The predicted octanol–water partition coefficient (Wildman–Crippen LogP) is 4.54. The lowest BCUT2D eigenvalue weighted by atomic mass is 10.0. The molecule has 0 heterocycles. The molecular weight excluding hydrogens is 262 g/mol. The highest BCUT2D eigenvalue weighted by molar-refractivity contribution is 5.70. The maximum Gasteiger partial charge on any atom is 0.312 e. The summed E-state index contributed by atoms with van der Waals surface area (Å²) in [5, 5.41) is 0. The number of hydrogen-bond donors (Lipinski definition) is 0. The lowest BCUT2D eigenvalue weighted by molar-refractivity contribution is 0.0283. The average Bonchev–Trinajstić information content (AvgIpc) is 2.48. The molecule has 0 atom stereocenters. The molecule has 2 nitrogen and oxygen atoms in total. The second kappa shape index (κ2) is 6.82. The van der Waals surface area contributed by atoms with Crippen LogP contribution in [0.1, 0.15) is 5.56 Å². The van der Waals surface area contributed by atoms with Crippen LogP contribution in [0, 0.1) is 0 Å². The van der Waals surface area contributed by atoms with E-state index in [9.17, 15) is 8.78 Å². The number of methoxy groups -OCH3 is 1. The van der Waals surface area contributed by atoms with Gasteiger partial charge in [-0.3, -0.25) is 0 Å². The van der Waals surface area contributed by atoms with Gasteiger partial charge in [0.1, 0.15) is 0 Å². The fourth-order valence-corrected chi connectivity index (χ4v) is 1.84. The van der Waals surface area contributed by atoms with Gasteiger partial charge in [-0.1, -0.05) is 48.5 Å². The summed E-state index contributed by atoms with van der Waals surface area (Å²) in [6, 6.07) is 16.4. The number of rotatable bonds is 5. The number of ether oxygens (including phenoxy) is 2. The van der Waals surface area contributed by atoms with Crippen LogP contribution in [-0.4, -0.2) is 13.9 Å². The highest BCUT2D eigenvalue weighted by Gasteiger charge is 2.12. The zero-order valence-electron chi connectivity index (χ0n) is 11.0. The molecule has 0 unspecified atom stereocenters. The van der Waals surface area contributed by atoms with Crippen LogP contribution >= 0.6 is 0 Å². The number of halogens is 2. The van der Waals surface area contributed by atoms with Gasteiger partial charge in [-0.15, -0.1) is 0 Å². The minimum atomic E-state index is -1.87. The summed E-state index contributed by atoms with van der Waals surface area (Å²) in [5.41, 5.74) is 2.13. The fraction of sp³-hybridized carbons (Fsp3) is 0.125. The van der Waals surface area contributed by atoms with Crippen LogP contribution in [0.25, 0.3) is 16.9 Å². The molecule has 0 aliphatic carbocycles. The third-order valence-electron chi connectivity index (χ3n) is 2.72. The molecule has 0 N–H and O–H groups in total. The van der Waals surface area contributed by atoms with E-state index < -0.39 is 11.8 Å². The molecule has 20 heavy (non-hydrogen) atoms. The van der Waals surface area contributed by atoms with Gasteiger partial charge < -0.3 is 9.47 Å². The van der Waals surface area contributed by atoms with E-state index in [1.54, 1.807) is 18.2 Å². The third kappa shape index (κ3) is 3.42. The summed E-state index contributed by atoms with van der Waals surface area (Å²) in [4.78, 5) is 0. The molecule has 2 aromatic carbocycles. The van der Waals surface area contributed by atoms with E-state index in [0.717, 1.165) is 11.1 Å². The molecule has 0 saturated carbocycles. The Morgan fingerprint density at radius 2 is 1.65 bits per heavy atom. The Balaban J connectivity index is 2.36. The van der Waals surface area contributed by atoms with Crippen molar-refractivity contribution in [1.82, 2.24) is 0 Å². The lowest BCUT2D eigenvalue weighted by Gasteiger charge is -2.10. The zero-order chi connectivity index (χ0) is 14.4. The molecule has 0 saturated heterocycles. The van der Waals surface area contributed by atoms with Crippen LogP contribution in [0.3, 0.4) is 0 Å². The average molecular weight is 276 g/mol. The Morgan fingerprint density at radius 3 is 2.30 bits per heavy atom. The van der Waals surface area contributed by atoms with Crippen molar-refractivity contribution in [3.05, 3.63) is 66.2 Å². The summed E-state index contributed by atoms with van der Waals surface area (Å²) in [7, 11) is 1.38. The predicted molar refractivity (Wildman–Crippen MR) is 74.0 cm³/mol. The Bertz CT molecular complexity index is 590. The van der Waals surface area contributed by atoms with E-state index in [1.807, 2.05) is 36.4 Å². The zero-order valence-corrected chi connectivity index (χ0v) is 11.0. The van der Waals surface area contributed by atoms with Gasteiger partial charge >= 0.3 is 6.08 Å². The first-order valence-electron chi connectivity index (χ1n) is 6.05. The summed E-state index contributed by atoms with van der Waals surface area (Å²) in [6.07, 6.45) is -1.87. The standard InChI is InChI=1S/C16H14F2O2/c1-19-11-20-15(16(17)18)14-9-5-8-13(10-14)12-6-3-2-4-7-12/h2-10H,11H2,1H3. The Kier molecular flexibility index (Phi) is 4.85. The quantitative estimate of drug-likeness (QED) is 0.589. The van der Waals surface area contributed by atoms with Crippen molar-refractivity contribution < 1.29 is 18.3 Å². The van der Waals surface area contributed by atoms with Crippen LogP contribution in [0.4, 0.5) is 8.78 Å². The SMILES string of the molecule is COCOC(=C(F)F)c1cccc(-c2ccccc2)c1. The van der Waals surface area contributed by atoms with Crippen LogP contribution in [0.5, 0.6) is 0 Å². The maximum atomic E-state index is 12.9. The van der Waals surface area contributed by atoms with E-state index in [4.69, 9.17) is 4.74 Å². The van der Waals surface area contributed by atoms with E-state index in [-0.39, 0.29) is 6.79 Å². The monoisotopic (exact) mass is 276 g/mol. The highest BCUT2D eigenvalue weighted by atomic mass is 19.3. The van der Waals surface area contributed by atoms with Crippen LogP contribution in [0.15, 0.2) is 60.7 Å². The third-order valence-corrected chi connectivity index (χ3v) is 2.72. The number of benzene rings is 2. The van der Waals surface area contributed by atoms with Gasteiger partial charge in [0, 0.05) is 12.7 Å². The van der Waals surface area contributed by atoms with Gasteiger partial charge in [0.2, 0.25) is 0 Å². The molecule has 0 radical (unpaired) electrons. The first-order valence-corrected chi connectivity index (χ1v) is 6.05. The van der Waals surface area contributed by atoms with Crippen LogP contribution < -0.4 is 0 Å². The second-order valence-electron chi connectivity index (χ2n) is 4.09. The van der Waals surface area contributed by atoms with Gasteiger partial charge in [0.25, 0.3) is 0 Å². The first kappa shape index (κ1) is 14.2. The van der Waals surface area contributed by atoms with Crippen molar-refractivity contribution in [2.75, 3.05) is 13.9 Å². The lowest BCUT2D eigenvalue weighted by Crippen LogP contribution is -1.98. The number of hydrogen-bond acceptors (Lipinski definition) is 2. The van der Waals surface area contributed by atoms with Crippen molar-refractivity contribution >= 4 is 5.76 Å². The van der Waals surface area contributed by atoms with E-state index in [1.165, 1.54) is 7.11 Å². The second-order valence-corrected chi connectivity index (χ2v) is 4.09. The molecular formula is C16H14F2O2. The van der Waals surface area contributed by atoms with Gasteiger partial charge in [-0.2, -0.15) is 8.78 Å². The topological polar surface area (TPSA) is 18.5 Å². The van der Waals surface area contributed by atoms with Crippen molar-refractivity contribution in [3.63, 3.8) is 0 Å². The Hall–Kier alpha value is -2.20. The molecule has 0 fully saturated rings. The molecule has 0 aliphatic rings. The van der Waals surface area contributed by atoms with E-state index in [2.05, 4.69) is 4.74 Å². The molecule has 2 aromatic rings. The minimum Gasteiger partial charge on any atom is -0.461 e. The summed E-state index contributed by atoms with van der Waals surface area (Å²) >= 11 is 0. The molecule has 0 bridgehead atoms. The molecule has 0 spiro atoms. The normalized spacial score (nSPS) is 10.2. The van der Waals surface area contributed by atoms with Crippen LogP contribution in [0.2, 0.25) is 0 Å². The van der Waals surface area contributed by atoms with Gasteiger partial charge in [0.05, 0.1) is 0 Å². The smallest absolute Gasteiger partial charge is 0.312 e. The van der Waals surface area contributed by atoms with Crippen molar-refractivity contribution in [3.8, 4) is 11.1 Å². The Labute approximate surface area is 116 Å². The first-order chi connectivity index (χ1) is 9.72. The van der Waals surface area contributed by atoms with Crippen molar-refractivity contribution in [2.24, 2.45) is 0 Å². The largest absolute Gasteiger partial charge is 0.461 e. The van der Waals surface area contributed by atoms with Gasteiger partial charge in [-0.25, -0.2) is 0 Å². The summed E-state index contributed by atoms with van der Waals surface area (Å²) in [6.45, 7) is -0.220. The van der Waals surface area contributed by atoms with Gasteiger partial charge in [-0.05, 0) is 17.2 Å². The maximum absolute atomic E-state index is 12.9. The molecule has 0 aromatic heterocycles. The molecule has 0 aliphatic heterocycles. The van der Waals surface area contributed by atoms with Gasteiger partial charge in [0.15, 0.2) is 12.6 Å². The summed E-state index contributed by atoms with van der Waals surface area (Å²) < 4.78 is 35.5. The van der Waals surface area contributed by atoms with E-state index in [0.29, 0.717) is 5.56 Å². The fourth-order valence-electron chi connectivity index (χ4n) is 1.84. The molecule has 0 amide bonds. The minimum absolute atomic E-state index is 0.220. The Morgan fingerprint density at radius 1 is 0.950 bits per heavy atom. The van der Waals surface area contributed by atoms with Crippen molar-refractivity contribution in [1.29, 1.82) is 0 Å². The molecule has 4 heteroatoms. The van der Waals surface area contributed by atoms with E-state index >= 15 is 0 Å². The summed E-state index contributed by atoms with van der Waals surface area (Å²) in [5.74, 6) is -0.454.